The zero-order chi connectivity index (χ0) is 10.1. The van der Waals surface area contributed by atoms with Gasteiger partial charge in [0.05, 0.1) is 19.8 Å². The van der Waals surface area contributed by atoms with Crippen LogP contribution < -0.4 is 0 Å². The van der Waals surface area contributed by atoms with Gasteiger partial charge in [-0.15, -0.1) is 0 Å². The number of ether oxygens (including phenoxy) is 3. The van der Waals surface area contributed by atoms with Gasteiger partial charge in [-0.3, -0.25) is 0 Å². The summed E-state index contributed by atoms with van der Waals surface area (Å²) in [6, 6.07) is 10.2. The average molecular weight is 206 g/mol. The van der Waals surface area contributed by atoms with Crippen molar-refractivity contribution in [1.29, 1.82) is 0 Å². The molecular weight excluding hydrogens is 192 g/mol. The van der Waals surface area contributed by atoms with E-state index in [0.29, 0.717) is 25.4 Å². The zero-order valence-corrected chi connectivity index (χ0v) is 8.46. The van der Waals surface area contributed by atoms with Crippen LogP contribution in [0.3, 0.4) is 0 Å². The Morgan fingerprint density at radius 1 is 1.27 bits per heavy atom. The third-order valence-corrected chi connectivity index (χ3v) is 2.86. The highest BCUT2D eigenvalue weighted by atomic mass is 16.7. The van der Waals surface area contributed by atoms with Gasteiger partial charge in [0, 0.05) is 0 Å². The number of hydrogen-bond donors (Lipinski definition) is 0. The Bertz CT molecular complexity index is 325. The van der Waals surface area contributed by atoms with E-state index in [4.69, 9.17) is 14.2 Å². The molecule has 80 valence electrons. The van der Waals surface area contributed by atoms with E-state index in [-0.39, 0.29) is 6.10 Å². The Hall–Kier alpha value is -0.900. The van der Waals surface area contributed by atoms with Crippen molar-refractivity contribution in [2.45, 2.75) is 24.9 Å². The van der Waals surface area contributed by atoms with Crippen molar-refractivity contribution in [2.24, 2.45) is 0 Å². The fourth-order valence-electron chi connectivity index (χ4n) is 1.94. The second kappa shape index (κ2) is 3.93. The summed E-state index contributed by atoms with van der Waals surface area (Å²) in [5.41, 5.74) is 1.20. The molecule has 3 atom stereocenters. The van der Waals surface area contributed by atoms with Crippen molar-refractivity contribution >= 4 is 0 Å². The summed E-state index contributed by atoms with van der Waals surface area (Å²) in [5, 5.41) is 0. The summed E-state index contributed by atoms with van der Waals surface area (Å²) in [6.45, 7) is 2.03. The van der Waals surface area contributed by atoms with E-state index in [1.54, 1.807) is 0 Å². The van der Waals surface area contributed by atoms with E-state index in [1.165, 1.54) is 5.56 Å². The fraction of sp³-hybridized carbons (Fsp3) is 0.500. The van der Waals surface area contributed by atoms with E-state index < -0.39 is 0 Å². The van der Waals surface area contributed by atoms with Crippen molar-refractivity contribution in [2.75, 3.05) is 13.2 Å². The predicted molar refractivity (Wildman–Crippen MR) is 54.5 cm³/mol. The van der Waals surface area contributed by atoms with Crippen molar-refractivity contribution in [3.8, 4) is 0 Å². The highest BCUT2D eigenvalue weighted by molar-refractivity contribution is 5.13. The molecule has 3 nitrogen and oxygen atoms in total. The van der Waals surface area contributed by atoms with E-state index in [0.717, 1.165) is 6.61 Å². The highest BCUT2D eigenvalue weighted by Crippen LogP contribution is 2.34. The Balaban J connectivity index is 1.43. The SMILES string of the molecule is c1ccc(COC[C@@H]2OC[C@@H]3O[C@@H]23)cc1. The first-order valence-corrected chi connectivity index (χ1v) is 5.32. The van der Waals surface area contributed by atoms with Crippen molar-refractivity contribution < 1.29 is 14.2 Å². The normalized spacial score (nSPS) is 32.7. The van der Waals surface area contributed by atoms with Crippen LogP contribution in [-0.2, 0) is 20.8 Å². The van der Waals surface area contributed by atoms with Crippen LogP contribution in [0.15, 0.2) is 30.3 Å². The minimum absolute atomic E-state index is 0.152. The standard InChI is InChI=1S/C12H14O3/c1-2-4-9(5-3-1)6-13-7-10-12-11(15-12)8-14-10/h1-5,10-12H,6-8H2/t10-,11-,12-/m0/s1. The first-order chi connectivity index (χ1) is 7.43. The van der Waals surface area contributed by atoms with Gasteiger partial charge in [-0.25, -0.2) is 0 Å². The van der Waals surface area contributed by atoms with Gasteiger partial charge in [-0.1, -0.05) is 30.3 Å². The zero-order valence-electron chi connectivity index (χ0n) is 8.46. The molecule has 0 N–H and O–H groups in total. The number of rotatable bonds is 4. The number of epoxide rings is 1. The Labute approximate surface area is 89.0 Å². The topological polar surface area (TPSA) is 31.0 Å². The summed E-state index contributed by atoms with van der Waals surface area (Å²) in [5.74, 6) is 0. The van der Waals surface area contributed by atoms with Crippen molar-refractivity contribution in [3.63, 3.8) is 0 Å². The number of fused-ring (bicyclic) bond motifs is 1. The Morgan fingerprint density at radius 3 is 2.80 bits per heavy atom. The molecular formula is C12H14O3. The van der Waals surface area contributed by atoms with Crippen LogP contribution in [0, 0.1) is 0 Å². The van der Waals surface area contributed by atoms with E-state index in [1.807, 2.05) is 18.2 Å². The summed E-state index contributed by atoms with van der Waals surface area (Å²) < 4.78 is 16.5. The molecule has 3 rings (SSSR count). The van der Waals surface area contributed by atoms with Gasteiger partial charge in [0.25, 0.3) is 0 Å². The van der Waals surface area contributed by atoms with Gasteiger partial charge < -0.3 is 14.2 Å². The lowest BCUT2D eigenvalue weighted by Crippen LogP contribution is -2.21. The molecule has 0 aromatic heterocycles. The minimum Gasteiger partial charge on any atom is -0.374 e. The van der Waals surface area contributed by atoms with Crippen molar-refractivity contribution in [3.05, 3.63) is 35.9 Å². The average Bonchev–Trinajstić information content (AvgIpc) is 2.96. The van der Waals surface area contributed by atoms with E-state index in [9.17, 15) is 0 Å². The largest absolute Gasteiger partial charge is 0.374 e. The molecule has 0 bridgehead atoms. The first-order valence-electron chi connectivity index (χ1n) is 5.32. The highest BCUT2D eigenvalue weighted by Gasteiger charge is 2.51. The number of hydrogen-bond acceptors (Lipinski definition) is 3. The van der Waals surface area contributed by atoms with Crippen molar-refractivity contribution in [1.82, 2.24) is 0 Å². The maximum Gasteiger partial charge on any atom is 0.115 e. The molecule has 2 saturated heterocycles. The predicted octanol–water partition coefficient (Wildman–Crippen LogP) is 1.37. The van der Waals surface area contributed by atoms with Crippen LogP contribution in [0.4, 0.5) is 0 Å². The molecule has 15 heavy (non-hydrogen) atoms. The molecule has 0 spiro atoms. The number of benzene rings is 1. The fourth-order valence-corrected chi connectivity index (χ4v) is 1.94. The summed E-state index contributed by atoms with van der Waals surface area (Å²) in [6.07, 6.45) is 0.815. The minimum atomic E-state index is 0.152. The molecule has 0 radical (unpaired) electrons. The molecule has 3 heteroatoms. The van der Waals surface area contributed by atoms with Crippen LogP contribution in [-0.4, -0.2) is 31.5 Å². The lowest BCUT2D eigenvalue weighted by Gasteiger charge is -2.11. The quantitative estimate of drug-likeness (QED) is 0.697. The summed E-state index contributed by atoms with van der Waals surface area (Å²) in [4.78, 5) is 0. The molecule has 2 aliphatic heterocycles. The Kier molecular flexibility index (Phi) is 2.44. The van der Waals surface area contributed by atoms with Crippen LogP contribution in [0.5, 0.6) is 0 Å². The van der Waals surface area contributed by atoms with Gasteiger partial charge in [-0.2, -0.15) is 0 Å². The van der Waals surface area contributed by atoms with Gasteiger partial charge in [-0.05, 0) is 5.56 Å². The van der Waals surface area contributed by atoms with Gasteiger partial charge in [0.2, 0.25) is 0 Å². The second-order valence-electron chi connectivity index (χ2n) is 4.01. The molecule has 2 heterocycles. The lowest BCUT2D eigenvalue weighted by atomic mass is 10.2. The maximum atomic E-state index is 5.60. The first kappa shape index (κ1) is 9.33. The smallest absolute Gasteiger partial charge is 0.115 e. The van der Waals surface area contributed by atoms with E-state index >= 15 is 0 Å². The lowest BCUT2D eigenvalue weighted by molar-refractivity contribution is -0.0322. The van der Waals surface area contributed by atoms with Gasteiger partial charge >= 0.3 is 0 Å². The van der Waals surface area contributed by atoms with Gasteiger partial charge in [0.1, 0.15) is 18.3 Å². The molecule has 0 amide bonds. The molecule has 2 fully saturated rings. The molecule has 0 aliphatic carbocycles. The third-order valence-electron chi connectivity index (χ3n) is 2.86. The summed E-state index contributed by atoms with van der Waals surface area (Å²) >= 11 is 0. The Morgan fingerprint density at radius 2 is 2.13 bits per heavy atom. The molecule has 2 aliphatic rings. The van der Waals surface area contributed by atoms with Gasteiger partial charge in [0.15, 0.2) is 0 Å². The maximum absolute atomic E-state index is 5.60. The van der Waals surface area contributed by atoms with Crippen LogP contribution >= 0.6 is 0 Å². The van der Waals surface area contributed by atoms with Crippen LogP contribution in [0.25, 0.3) is 0 Å². The molecule has 1 aromatic carbocycles. The third kappa shape index (κ3) is 2.04. The second-order valence-corrected chi connectivity index (χ2v) is 4.01. The molecule has 0 unspecified atom stereocenters. The molecule has 0 saturated carbocycles. The van der Waals surface area contributed by atoms with Crippen LogP contribution in [0.1, 0.15) is 5.56 Å². The monoisotopic (exact) mass is 206 g/mol. The van der Waals surface area contributed by atoms with Crippen LogP contribution in [0.2, 0.25) is 0 Å². The summed E-state index contributed by atoms with van der Waals surface area (Å²) in [7, 11) is 0. The van der Waals surface area contributed by atoms with E-state index in [2.05, 4.69) is 12.1 Å². The molecule has 1 aromatic rings.